The first-order chi connectivity index (χ1) is 14.4. The average molecular weight is 414 g/mol. The van der Waals surface area contributed by atoms with Gasteiger partial charge in [-0.05, 0) is 17.9 Å². The van der Waals surface area contributed by atoms with Crippen LogP contribution in [0.2, 0.25) is 0 Å². The highest BCUT2D eigenvalue weighted by molar-refractivity contribution is 6.43. The Kier molecular flexibility index (Phi) is 11.4. The lowest BCUT2D eigenvalue weighted by atomic mass is 9.75. The quantitative estimate of drug-likeness (QED) is 0.327. The van der Waals surface area contributed by atoms with Crippen molar-refractivity contribution in [3.63, 3.8) is 0 Å². The lowest BCUT2D eigenvalue weighted by molar-refractivity contribution is -0.123. The molecule has 0 aliphatic rings. The summed E-state index contributed by atoms with van der Waals surface area (Å²) in [6.07, 6.45) is 4.78. The highest BCUT2D eigenvalue weighted by Crippen LogP contribution is 2.09. The second kappa shape index (κ2) is 13.5. The Morgan fingerprint density at radius 2 is 1.77 bits per heavy atom. The Balaban J connectivity index is 0.00000218. The van der Waals surface area contributed by atoms with Crippen molar-refractivity contribution in [2.24, 2.45) is 5.92 Å². The molecular formula is C19H28B2N4O5. The van der Waals surface area contributed by atoms with Gasteiger partial charge in [0.1, 0.15) is 11.7 Å². The van der Waals surface area contributed by atoms with Crippen LogP contribution in [0.1, 0.15) is 36.3 Å². The minimum absolute atomic E-state index is 0.0919. The fourth-order valence-corrected chi connectivity index (χ4v) is 2.75. The Hall–Kier alpha value is -2.75. The van der Waals surface area contributed by atoms with Crippen molar-refractivity contribution < 1.29 is 24.7 Å². The lowest BCUT2D eigenvalue weighted by Gasteiger charge is -2.24. The molecule has 1 aromatic carbocycles. The number of aromatic nitrogens is 2. The topological polar surface area (TPSA) is 145 Å². The van der Waals surface area contributed by atoms with Crippen LogP contribution in [0.5, 0.6) is 0 Å². The zero-order chi connectivity index (χ0) is 22.5. The maximum Gasteiger partial charge on any atom is 0.475 e. The van der Waals surface area contributed by atoms with Gasteiger partial charge in [-0.2, -0.15) is 0 Å². The maximum atomic E-state index is 12.8. The number of amides is 2. The monoisotopic (exact) mass is 414 g/mol. The van der Waals surface area contributed by atoms with Crippen LogP contribution in [0.4, 0.5) is 0 Å². The van der Waals surface area contributed by atoms with E-state index in [4.69, 9.17) is 5.02 Å². The molecule has 1 aromatic heterocycles. The van der Waals surface area contributed by atoms with E-state index >= 15 is 0 Å². The van der Waals surface area contributed by atoms with Crippen molar-refractivity contribution in [1.29, 1.82) is 0 Å². The SMILES string of the molecule is BO.CC(C)CC(NC(=O)C(Cc1ccccc1)NC(=O)c1cnccn1)B(O)O. The van der Waals surface area contributed by atoms with Crippen molar-refractivity contribution in [1.82, 2.24) is 20.6 Å². The Morgan fingerprint density at radius 3 is 2.30 bits per heavy atom. The molecule has 1 heterocycles. The van der Waals surface area contributed by atoms with Gasteiger partial charge in [0, 0.05) is 18.8 Å². The van der Waals surface area contributed by atoms with Gasteiger partial charge in [-0.1, -0.05) is 44.2 Å². The number of rotatable bonds is 9. The van der Waals surface area contributed by atoms with Crippen LogP contribution in [0.3, 0.4) is 0 Å². The molecule has 0 aliphatic carbocycles. The molecule has 0 saturated heterocycles. The van der Waals surface area contributed by atoms with E-state index < -0.39 is 30.9 Å². The van der Waals surface area contributed by atoms with Crippen molar-refractivity contribution in [2.45, 2.75) is 38.7 Å². The highest BCUT2D eigenvalue weighted by Gasteiger charge is 2.30. The molecule has 0 bridgehead atoms. The summed E-state index contributed by atoms with van der Waals surface area (Å²) in [6.45, 7) is 3.83. The van der Waals surface area contributed by atoms with Gasteiger partial charge in [-0.15, -0.1) is 0 Å². The third kappa shape index (κ3) is 8.73. The molecular weight excluding hydrogens is 386 g/mol. The van der Waals surface area contributed by atoms with Crippen molar-refractivity contribution >= 4 is 27.0 Å². The standard InChI is InChI=1S/C19H25BN4O4.BH3O/c1-13(2)10-17(20(27)28)24-18(25)15(11-14-6-4-3-5-7-14)23-19(26)16-12-21-8-9-22-16;1-2/h3-9,12-13,15,17,27-28H,10-11H2,1-2H3,(H,23,26)(H,24,25);2H,1H2. The zero-order valence-electron chi connectivity index (χ0n) is 17.4. The first-order valence-electron chi connectivity index (χ1n) is 9.59. The predicted octanol–water partition coefficient (Wildman–Crippen LogP) is -1.11. The van der Waals surface area contributed by atoms with E-state index in [0.29, 0.717) is 6.42 Å². The van der Waals surface area contributed by atoms with Crippen LogP contribution in [0.25, 0.3) is 0 Å². The summed E-state index contributed by atoms with van der Waals surface area (Å²) in [5.74, 6) is -1.72. The molecule has 2 rings (SSSR count). The maximum absolute atomic E-state index is 12.8. The summed E-state index contributed by atoms with van der Waals surface area (Å²) in [5, 5.41) is 31.5. The number of nitrogens with one attached hydrogen (secondary N) is 2. The minimum atomic E-state index is -1.69. The van der Waals surface area contributed by atoms with Gasteiger partial charge < -0.3 is 25.7 Å². The van der Waals surface area contributed by atoms with Crippen LogP contribution in [-0.2, 0) is 11.2 Å². The minimum Gasteiger partial charge on any atom is -0.458 e. The largest absolute Gasteiger partial charge is 0.475 e. The summed E-state index contributed by atoms with van der Waals surface area (Å²) >= 11 is 0. The number of carbonyl (C=O) groups is 2. The van der Waals surface area contributed by atoms with E-state index in [1.165, 1.54) is 18.6 Å². The molecule has 30 heavy (non-hydrogen) atoms. The van der Waals surface area contributed by atoms with Crippen molar-refractivity contribution in [3.05, 3.63) is 60.2 Å². The summed E-state index contributed by atoms with van der Waals surface area (Å²) in [6, 6.07) is 8.33. The van der Waals surface area contributed by atoms with Crippen molar-refractivity contribution in [3.8, 4) is 0 Å². The summed E-state index contributed by atoms with van der Waals surface area (Å²) in [4.78, 5) is 33.1. The third-order valence-corrected chi connectivity index (χ3v) is 4.11. The van der Waals surface area contributed by atoms with E-state index in [0.717, 1.165) is 13.6 Å². The second-order valence-electron chi connectivity index (χ2n) is 6.96. The predicted molar refractivity (Wildman–Crippen MR) is 116 cm³/mol. The van der Waals surface area contributed by atoms with E-state index in [9.17, 15) is 19.6 Å². The van der Waals surface area contributed by atoms with Crippen LogP contribution in [0.15, 0.2) is 48.9 Å². The molecule has 0 fully saturated rings. The summed E-state index contributed by atoms with van der Waals surface area (Å²) in [7, 11) is -0.695. The number of benzene rings is 1. The normalized spacial score (nSPS) is 12.2. The van der Waals surface area contributed by atoms with Gasteiger partial charge in [-0.3, -0.25) is 14.6 Å². The van der Waals surface area contributed by atoms with Gasteiger partial charge in [0.25, 0.3) is 14.0 Å². The summed E-state index contributed by atoms with van der Waals surface area (Å²) < 4.78 is 0. The number of hydrogen-bond acceptors (Lipinski definition) is 7. The van der Waals surface area contributed by atoms with Gasteiger partial charge in [0.2, 0.25) is 5.91 Å². The van der Waals surface area contributed by atoms with Crippen LogP contribution >= 0.6 is 0 Å². The van der Waals surface area contributed by atoms with Crippen LogP contribution in [0, 0.1) is 5.92 Å². The fourth-order valence-electron chi connectivity index (χ4n) is 2.75. The van der Waals surface area contributed by atoms with Crippen molar-refractivity contribution in [2.75, 3.05) is 0 Å². The number of hydrogen-bond donors (Lipinski definition) is 5. The number of nitrogens with zero attached hydrogens (tertiary/aromatic N) is 2. The van der Waals surface area contributed by atoms with E-state index in [2.05, 4.69) is 20.6 Å². The van der Waals surface area contributed by atoms with Crippen LogP contribution < -0.4 is 10.6 Å². The highest BCUT2D eigenvalue weighted by atomic mass is 16.4. The first-order valence-corrected chi connectivity index (χ1v) is 9.59. The molecule has 2 atom stereocenters. The lowest BCUT2D eigenvalue weighted by Crippen LogP contribution is -2.55. The molecule has 9 nitrogen and oxygen atoms in total. The molecule has 2 aromatic rings. The van der Waals surface area contributed by atoms with E-state index in [1.54, 1.807) is 0 Å². The smallest absolute Gasteiger partial charge is 0.458 e. The Morgan fingerprint density at radius 1 is 1.10 bits per heavy atom. The van der Waals surface area contributed by atoms with Gasteiger partial charge >= 0.3 is 7.12 Å². The molecule has 160 valence electrons. The average Bonchev–Trinajstić information content (AvgIpc) is 2.75. The number of carbonyl (C=O) groups excluding carboxylic acids is 2. The molecule has 5 N–H and O–H groups in total. The molecule has 0 saturated carbocycles. The zero-order valence-corrected chi connectivity index (χ0v) is 17.4. The second-order valence-corrected chi connectivity index (χ2v) is 6.96. The molecule has 2 amide bonds. The van der Waals surface area contributed by atoms with Crippen LogP contribution in [-0.4, -0.2) is 64.0 Å². The molecule has 0 radical (unpaired) electrons. The molecule has 11 heteroatoms. The molecule has 2 unspecified atom stereocenters. The Bertz CT molecular complexity index is 766. The molecule has 0 aliphatic heterocycles. The van der Waals surface area contributed by atoms with E-state index in [-0.39, 0.29) is 18.0 Å². The Labute approximate surface area is 177 Å². The third-order valence-electron chi connectivity index (χ3n) is 4.11. The van der Waals surface area contributed by atoms with Gasteiger partial charge in [-0.25, -0.2) is 4.98 Å². The summed E-state index contributed by atoms with van der Waals surface area (Å²) in [5.41, 5.74) is 0.946. The van der Waals surface area contributed by atoms with Gasteiger partial charge in [0.05, 0.1) is 12.1 Å². The molecule has 0 spiro atoms. The fraction of sp³-hybridized carbons (Fsp3) is 0.368. The van der Waals surface area contributed by atoms with Gasteiger partial charge in [0.15, 0.2) is 0 Å². The van der Waals surface area contributed by atoms with E-state index in [1.807, 2.05) is 44.2 Å². The first kappa shape index (κ1) is 25.3.